The Morgan fingerprint density at radius 2 is 2.20 bits per heavy atom. The zero-order valence-corrected chi connectivity index (χ0v) is 13.1. The Labute approximate surface area is 122 Å². The first kappa shape index (κ1) is 16.2. The van der Waals surface area contributed by atoms with E-state index in [1.54, 1.807) is 4.31 Å². The fourth-order valence-electron chi connectivity index (χ4n) is 2.81. The highest BCUT2D eigenvalue weighted by Crippen LogP contribution is 2.19. The van der Waals surface area contributed by atoms with Gasteiger partial charge >= 0.3 is 0 Å². The van der Waals surface area contributed by atoms with Gasteiger partial charge in [0.15, 0.2) is 0 Å². The Morgan fingerprint density at radius 1 is 1.35 bits per heavy atom. The zero-order chi connectivity index (χ0) is 14.4. The molecule has 0 spiro atoms. The molecule has 0 radical (unpaired) electrons. The monoisotopic (exact) mass is 305 g/mol. The van der Waals surface area contributed by atoms with Crippen molar-refractivity contribution in [3.63, 3.8) is 0 Å². The molecule has 7 heteroatoms. The van der Waals surface area contributed by atoms with E-state index in [2.05, 4.69) is 17.0 Å². The number of nitrogens with zero attached hydrogens (tertiary/aromatic N) is 1. The van der Waals surface area contributed by atoms with Gasteiger partial charge in [-0.15, -0.1) is 0 Å². The van der Waals surface area contributed by atoms with Crippen molar-refractivity contribution < 1.29 is 13.2 Å². The van der Waals surface area contributed by atoms with Gasteiger partial charge in [-0.1, -0.05) is 6.92 Å². The van der Waals surface area contributed by atoms with Crippen LogP contribution in [-0.2, 0) is 14.9 Å². The summed E-state index contributed by atoms with van der Waals surface area (Å²) in [6.07, 6.45) is 3.93. The van der Waals surface area contributed by atoms with E-state index in [0.29, 0.717) is 32.2 Å². The van der Waals surface area contributed by atoms with Crippen LogP contribution in [0.5, 0.6) is 0 Å². The molecule has 0 aromatic carbocycles. The third kappa shape index (κ3) is 4.66. The molecule has 0 aromatic heterocycles. The Bertz CT molecular complexity index is 382. The second-order valence-electron chi connectivity index (χ2n) is 5.75. The molecule has 0 saturated carbocycles. The van der Waals surface area contributed by atoms with E-state index < -0.39 is 10.2 Å². The molecule has 2 unspecified atom stereocenters. The second-order valence-corrected chi connectivity index (χ2v) is 7.46. The van der Waals surface area contributed by atoms with Gasteiger partial charge in [0.1, 0.15) is 0 Å². The van der Waals surface area contributed by atoms with Crippen molar-refractivity contribution in [2.45, 2.75) is 38.6 Å². The van der Waals surface area contributed by atoms with Crippen LogP contribution in [0, 0.1) is 5.92 Å². The zero-order valence-electron chi connectivity index (χ0n) is 12.3. The fourth-order valence-corrected chi connectivity index (χ4v) is 4.34. The number of nitrogens with one attached hydrogen (secondary N) is 2. The molecule has 2 heterocycles. The first-order chi connectivity index (χ1) is 9.62. The number of piperidine rings is 1. The van der Waals surface area contributed by atoms with Gasteiger partial charge in [0.05, 0.1) is 6.61 Å². The van der Waals surface area contributed by atoms with E-state index in [9.17, 15) is 8.42 Å². The Hall–Kier alpha value is -0.210. The minimum absolute atomic E-state index is 0.0569. The van der Waals surface area contributed by atoms with E-state index in [-0.39, 0.29) is 6.04 Å². The van der Waals surface area contributed by atoms with Gasteiger partial charge < -0.3 is 10.1 Å². The second kappa shape index (κ2) is 7.70. The summed E-state index contributed by atoms with van der Waals surface area (Å²) in [4.78, 5) is 0. The molecule has 2 aliphatic rings. The lowest BCUT2D eigenvalue weighted by molar-refractivity contribution is 0.191. The van der Waals surface area contributed by atoms with Gasteiger partial charge in [-0.2, -0.15) is 17.4 Å². The van der Waals surface area contributed by atoms with Crippen molar-refractivity contribution in [1.82, 2.24) is 14.3 Å². The minimum Gasteiger partial charge on any atom is -0.380 e. The first-order valence-corrected chi connectivity index (χ1v) is 9.11. The standard InChI is InChI=1S/C13H27N3O3S/c1-2-6-14-9-12-4-3-7-16(10-12)20(17,18)15-13-5-8-19-11-13/h12-15H,2-11H2,1H3. The summed E-state index contributed by atoms with van der Waals surface area (Å²) in [6.45, 7) is 6.45. The van der Waals surface area contributed by atoms with Crippen molar-refractivity contribution in [1.29, 1.82) is 0 Å². The molecule has 2 N–H and O–H groups in total. The predicted molar refractivity (Wildman–Crippen MR) is 78.7 cm³/mol. The predicted octanol–water partition coefficient (Wildman–Crippen LogP) is 0.321. The molecule has 0 aromatic rings. The summed E-state index contributed by atoms with van der Waals surface area (Å²) >= 11 is 0. The smallest absolute Gasteiger partial charge is 0.279 e. The molecular formula is C13H27N3O3S. The van der Waals surface area contributed by atoms with Crippen LogP contribution in [0.25, 0.3) is 0 Å². The first-order valence-electron chi connectivity index (χ1n) is 7.67. The maximum atomic E-state index is 12.4. The van der Waals surface area contributed by atoms with Crippen molar-refractivity contribution >= 4 is 10.2 Å². The summed E-state index contributed by atoms with van der Waals surface area (Å²) in [5.41, 5.74) is 0. The van der Waals surface area contributed by atoms with E-state index in [1.807, 2.05) is 0 Å². The number of ether oxygens (including phenoxy) is 1. The van der Waals surface area contributed by atoms with Gasteiger partial charge in [-0.05, 0) is 44.7 Å². The number of hydrogen-bond acceptors (Lipinski definition) is 4. The lowest BCUT2D eigenvalue weighted by Gasteiger charge is -2.32. The average Bonchev–Trinajstić information content (AvgIpc) is 2.92. The number of rotatable bonds is 7. The van der Waals surface area contributed by atoms with Gasteiger partial charge in [-0.3, -0.25) is 0 Å². The summed E-state index contributed by atoms with van der Waals surface area (Å²) < 4.78 is 34.3. The average molecular weight is 305 g/mol. The van der Waals surface area contributed by atoms with Crippen molar-refractivity contribution in [3.05, 3.63) is 0 Å². The highest BCUT2D eigenvalue weighted by molar-refractivity contribution is 7.87. The summed E-state index contributed by atoms with van der Waals surface area (Å²) in [7, 11) is -3.35. The van der Waals surface area contributed by atoms with Crippen LogP contribution in [0.1, 0.15) is 32.6 Å². The van der Waals surface area contributed by atoms with Crippen LogP contribution in [0.3, 0.4) is 0 Å². The molecule has 2 atom stereocenters. The molecule has 0 aliphatic carbocycles. The molecule has 0 amide bonds. The largest absolute Gasteiger partial charge is 0.380 e. The van der Waals surface area contributed by atoms with Crippen LogP contribution in [0.4, 0.5) is 0 Å². The molecule has 6 nitrogen and oxygen atoms in total. The SMILES string of the molecule is CCCNCC1CCCN(S(=O)(=O)NC2CCOC2)C1. The van der Waals surface area contributed by atoms with Crippen molar-refractivity contribution in [2.24, 2.45) is 5.92 Å². The van der Waals surface area contributed by atoms with Gasteiger partial charge in [-0.25, -0.2) is 0 Å². The molecule has 2 saturated heterocycles. The molecule has 118 valence electrons. The minimum atomic E-state index is -3.35. The quantitative estimate of drug-likeness (QED) is 0.665. The van der Waals surface area contributed by atoms with Crippen LogP contribution in [-0.4, -0.2) is 58.2 Å². The Kier molecular flexibility index (Phi) is 6.22. The Morgan fingerprint density at radius 3 is 2.90 bits per heavy atom. The fraction of sp³-hybridized carbons (Fsp3) is 1.00. The highest BCUT2D eigenvalue weighted by Gasteiger charge is 2.31. The Balaban J connectivity index is 1.83. The van der Waals surface area contributed by atoms with Crippen LogP contribution in [0.15, 0.2) is 0 Å². The molecule has 2 rings (SSSR count). The van der Waals surface area contributed by atoms with Crippen LogP contribution in [0.2, 0.25) is 0 Å². The van der Waals surface area contributed by atoms with Crippen molar-refractivity contribution in [2.75, 3.05) is 39.4 Å². The molecule has 2 aliphatic heterocycles. The van der Waals surface area contributed by atoms with Crippen molar-refractivity contribution in [3.8, 4) is 0 Å². The molecule has 2 fully saturated rings. The van der Waals surface area contributed by atoms with Gasteiger partial charge in [0.2, 0.25) is 0 Å². The normalized spacial score (nSPS) is 28.9. The van der Waals surface area contributed by atoms with E-state index in [0.717, 1.165) is 38.8 Å². The lowest BCUT2D eigenvalue weighted by atomic mass is 10.00. The highest BCUT2D eigenvalue weighted by atomic mass is 32.2. The molecule has 20 heavy (non-hydrogen) atoms. The third-order valence-corrected chi connectivity index (χ3v) is 5.57. The van der Waals surface area contributed by atoms with E-state index in [4.69, 9.17) is 4.74 Å². The van der Waals surface area contributed by atoms with Crippen LogP contribution >= 0.6 is 0 Å². The summed E-state index contributed by atoms with van der Waals surface area (Å²) in [6, 6.07) is -0.0569. The maximum absolute atomic E-state index is 12.4. The van der Waals surface area contributed by atoms with E-state index >= 15 is 0 Å². The van der Waals surface area contributed by atoms with Gasteiger partial charge in [0, 0.05) is 25.7 Å². The summed E-state index contributed by atoms with van der Waals surface area (Å²) in [5, 5.41) is 3.39. The number of hydrogen-bond donors (Lipinski definition) is 2. The van der Waals surface area contributed by atoms with E-state index in [1.165, 1.54) is 0 Å². The maximum Gasteiger partial charge on any atom is 0.279 e. The molecule has 0 bridgehead atoms. The topological polar surface area (TPSA) is 70.7 Å². The third-order valence-electron chi connectivity index (χ3n) is 3.93. The summed E-state index contributed by atoms with van der Waals surface area (Å²) in [5.74, 6) is 0.423. The van der Waals surface area contributed by atoms with Crippen LogP contribution < -0.4 is 10.0 Å². The molecular weight excluding hydrogens is 278 g/mol. The van der Waals surface area contributed by atoms with Gasteiger partial charge in [0.25, 0.3) is 10.2 Å². The lowest BCUT2D eigenvalue weighted by Crippen LogP contribution is -2.50.